The van der Waals surface area contributed by atoms with Crippen LogP contribution in [0.15, 0.2) is 0 Å². The maximum atomic E-state index is 11.6. The van der Waals surface area contributed by atoms with Crippen molar-refractivity contribution in [3.63, 3.8) is 0 Å². The Bertz CT molecular complexity index is 588. The van der Waals surface area contributed by atoms with Gasteiger partial charge in [0.05, 0.1) is 13.2 Å². The molecule has 4 aliphatic rings. The first kappa shape index (κ1) is 20.7. The van der Waals surface area contributed by atoms with Gasteiger partial charge in [0, 0.05) is 6.42 Å². The Balaban J connectivity index is 1.53. The van der Waals surface area contributed by atoms with Crippen LogP contribution in [0.3, 0.4) is 0 Å². The van der Waals surface area contributed by atoms with Crippen molar-refractivity contribution in [2.24, 2.45) is 46.3 Å². The molecule has 3 heteroatoms. The van der Waals surface area contributed by atoms with E-state index in [4.69, 9.17) is 4.74 Å². The largest absolute Gasteiger partial charge is 0.469 e. The second-order valence-electron chi connectivity index (χ2n) is 11.4. The molecule has 0 bridgehead atoms. The predicted octanol–water partition coefficient (Wildman–Crippen LogP) is 5.60. The molecular formula is C25H42O3. The van der Waals surface area contributed by atoms with Crippen LogP contribution < -0.4 is 0 Å². The Morgan fingerprint density at radius 1 is 1.07 bits per heavy atom. The fourth-order valence-corrected chi connectivity index (χ4v) is 8.88. The highest BCUT2D eigenvalue weighted by Gasteiger charge is 2.62. The number of methoxy groups -OCH3 is 1. The third kappa shape index (κ3) is 3.15. The topological polar surface area (TPSA) is 46.5 Å². The quantitative estimate of drug-likeness (QED) is 0.636. The van der Waals surface area contributed by atoms with E-state index >= 15 is 0 Å². The standard InChI is InChI=1S/C25H42O3/c1-16(8-11-22(27)28-4)18-9-10-19-23-20(12-14-25(18,19)3)24(2)13-6-5-7-17(24)15-21(23)26/h16-21,23,26H,5-15H2,1-4H3/t16-,17?,18-,19+,20+,21?,23+,24+,25-/m1/s1. The molecule has 4 saturated carbocycles. The van der Waals surface area contributed by atoms with E-state index in [1.807, 2.05) is 0 Å². The molecule has 0 aromatic carbocycles. The van der Waals surface area contributed by atoms with Gasteiger partial charge in [-0.3, -0.25) is 4.79 Å². The van der Waals surface area contributed by atoms with Crippen molar-refractivity contribution >= 4 is 5.97 Å². The number of aliphatic hydroxyl groups excluding tert-OH is 1. The van der Waals surface area contributed by atoms with Crippen molar-refractivity contribution in [2.75, 3.05) is 7.11 Å². The summed E-state index contributed by atoms with van der Waals surface area (Å²) in [4.78, 5) is 11.6. The molecule has 0 spiro atoms. The molecule has 160 valence electrons. The van der Waals surface area contributed by atoms with E-state index in [0.29, 0.717) is 40.9 Å². The van der Waals surface area contributed by atoms with Crippen LogP contribution in [0, 0.1) is 46.3 Å². The van der Waals surface area contributed by atoms with Gasteiger partial charge in [-0.2, -0.15) is 0 Å². The van der Waals surface area contributed by atoms with Gasteiger partial charge in [0.15, 0.2) is 0 Å². The van der Waals surface area contributed by atoms with Crippen LogP contribution in [0.25, 0.3) is 0 Å². The molecule has 3 nitrogen and oxygen atoms in total. The smallest absolute Gasteiger partial charge is 0.305 e. The van der Waals surface area contributed by atoms with Gasteiger partial charge in [-0.05, 0) is 97.7 Å². The highest BCUT2D eigenvalue weighted by molar-refractivity contribution is 5.69. The minimum Gasteiger partial charge on any atom is -0.469 e. The van der Waals surface area contributed by atoms with Gasteiger partial charge in [-0.1, -0.05) is 33.6 Å². The second kappa shape index (κ2) is 7.60. The fourth-order valence-electron chi connectivity index (χ4n) is 8.88. The molecule has 0 aromatic rings. The number of hydrogen-bond donors (Lipinski definition) is 1. The summed E-state index contributed by atoms with van der Waals surface area (Å²) in [6.07, 6.45) is 13.1. The molecule has 28 heavy (non-hydrogen) atoms. The van der Waals surface area contributed by atoms with Crippen LogP contribution in [0.4, 0.5) is 0 Å². The van der Waals surface area contributed by atoms with E-state index in [2.05, 4.69) is 20.8 Å². The van der Waals surface area contributed by atoms with E-state index in [-0.39, 0.29) is 12.1 Å². The van der Waals surface area contributed by atoms with E-state index in [0.717, 1.165) is 24.7 Å². The molecule has 0 aliphatic heterocycles. The average molecular weight is 391 g/mol. The zero-order valence-corrected chi connectivity index (χ0v) is 18.6. The average Bonchev–Trinajstić information content (AvgIpc) is 3.03. The highest BCUT2D eigenvalue weighted by atomic mass is 16.5. The first-order valence-corrected chi connectivity index (χ1v) is 12.1. The lowest BCUT2D eigenvalue weighted by molar-refractivity contribution is -0.164. The Labute approximate surface area is 172 Å². The number of ether oxygens (including phenoxy) is 1. The van der Waals surface area contributed by atoms with Crippen molar-refractivity contribution in [2.45, 2.75) is 97.5 Å². The van der Waals surface area contributed by atoms with Crippen molar-refractivity contribution < 1.29 is 14.6 Å². The summed E-state index contributed by atoms with van der Waals surface area (Å²) in [7, 11) is 1.49. The van der Waals surface area contributed by atoms with Crippen molar-refractivity contribution in [3.8, 4) is 0 Å². The summed E-state index contributed by atoms with van der Waals surface area (Å²) in [5.41, 5.74) is 0.813. The molecule has 0 amide bonds. The highest BCUT2D eigenvalue weighted by Crippen LogP contribution is 2.68. The van der Waals surface area contributed by atoms with Gasteiger partial charge in [0.1, 0.15) is 0 Å². The van der Waals surface area contributed by atoms with Gasteiger partial charge in [-0.15, -0.1) is 0 Å². The van der Waals surface area contributed by atoms with E-state index in [1.165, 1.54) is 58.5 Å². The first-order chi connectivity index (χ1) is 13.3. The number of fused-ring (bicyclic) bond motifs is 5. The van der Waals surface area contributed by atoms with Crippen LogP contribution in [-0.2, 0) is 9.53 Å². The normalized spacial score (nSPS) is 48.9. The zero-order chi connectivity index (χ0) is 20.1. The molecular weight excluding hydrogens is 348 g/mol. The molecule has 0 radical (unpaired) electrons. The van der Waals surface area contributed by atoms with Crippen LogP contribution in [-0.4, -0.2) is 24.3 Å². The monoisotopic (exact) mass is 390 g/mol. The summed E-state index contributed by atoms with van der Waals surface area (Å²) in [6.45, 7) is 7.46. The van der Waals surface area contributed by atoms with E-state index < -0.39 is 0 Å². The van der Waals surface area contributed by atoms with Crippen LogP contribution in [0.2, 0.25) is 0 Å². The molecule has 2 unspecified atom stereocenters. The minimum absolute atomic E-state index is 0.0748. The maximum absolute atomic E-state index is 11.6. The Hall–Kier alpha value is -0.570. The maximum Gasteiger partial charge on any atom is 0.305 e. The van der Waals surface area contributed by atoms with Crippen molar-refractivity contribution in [1.82, 2.24) is 0 Å². The summed E-state index contributed by atoms with van der Waals surface area (Å²) in [5, 5.41) is 11.3. The Kier molecular flexibility index (Phi) is 5.61. The first-order valence-electron chi connectivity index (χ1n) is 12.1. The van der Waals surface area contributed by atoms with Crippen LogP contribution >= 0.6 is 0 Å². The van der Waals surface area contributed by atoms with Crippen molar-refractivity contribution in [3.05, 3.63) is 0 Å². The predicted molar refractivity (Wildman–Crippen MR) is 112 cm³/mol. The van der Waals surface area contributed by atoms with Gasteiger partial charge in [-0.25, -0.2) is 0 Å². The van der Waals surface area contributed by atoms with Gasteiger partial charge < -0.3 is 9.84 Å². The SMILES string of the molecule is COC(=O)CC[C@@H](C)[C@H]1CC[C@H]2[C@@H]3C(O)CC4CCCC[C@]4(C)[C@H]3CC[C@]12C. The molecule has 1 N–H and O–H groups in total. The van der Waals surface area contributed by atoms with Gasteiger partial charge in [0.25, 0.3) is 0 Å². The molecule has 0 aromatic heterocycles. The fraction of sp³-hybridized carbons (Fsp3) is 0.960. The zero-order valence-electron chi connectivity index (χ0n) is 18.6. The third-order valence-corrected chi connectivity index (χ3v) is 10.4. The molecule has 4 rings (SSSR count). The van der Waals surface area contributed by atoms with E-state index in [9.17, 15) is 9.90 Å². The lowest BCUT2D eigenvalue weighted by atomic mass is 9.44. The number of esters is 1. The molecule has 4 aliphatic carbocycles. The lowest BCUT2D eigenvalue weighted by Crippen LogP contribution is -2.57. The number of hydrogen-bond acceptors (Lipinski definition) is 3. The number of carbonyl (C=O) groups is 1. The molecule has 0 saturated heterocycles. The Morgan fingerprint density at radius 2 is 1.82 bits per heavy atom. The molecule has 4 fully saturated rings. The summed E-state index contributed by atoms with van der Waals surface area (Å²) in [6, 6.07) is 0. The number of rotatable bonds is 4. The number of carbonyl (C=O) groups excluding carboxylic acids is 1. The molecule has 0 heterocycles. The van der Waals surface area contributed by atoms with Crippen LogP contribution in [0.1, 0.15) is 91.4 Å². The van der Waals surface area contributed by atoms with Crippen LogP contribution in [0.5, 0.6) is 0 Å². The lowest BCUT2D eigenvalue weighted by Gasteiger charge is -2.62. The van der Waals surface area contributed by atoms with Gasteiger partial charge >= 0.3 is 5.97 Å². The Morgan fingerprint density at radius 3 is 2.57 bits per heavy atom. The minimum atomic E-state index is -0.0880. The molecule has 9 atom stereocenters. The second-order valence-corrected chi connectivity index (χ2v) is 11.4. The van der Waals surface area contributed by atoms with Gasteiger partial charge in [0.2, 0.25) is 0 Å². The van der Waals surface area contributed by atoms with Crippen molar-refractivity contribution in [1.29, 1.82) is 0 Å². The third-order valence-electron chi connectivity index (χ3n) is 10.4. The summed E-state index contributed by atoms with van der Waals surface area (Å²) >= 11 is 0. The summed E-state index contributed by atoms with van der Waals surface area (Å²) in [5.74, 6) is 3.83. The van der Waals surface area contributed by atoms with E-state index in [1.54, 1.807) is 0 Å². The number of aliphatic hydroxyl groups is 1. The summed E-state index contributed by atoms with van der Waals surface area (Å²) < 4.78 is 4.87.